The zero-order valence-electron chi connectivity index (χ0n) is 6.76. The van der Waals surface area contributed by atoms with Crippen LogP contribution in [0.25, 0.3) is 0 Å². The van der Waals surface area contributed by atoms with Crippen LogP contribution in [0.2, 0.25) is 0 Å². The molecular formula is C9H13NO. The molecule has 0 bridgehead atoms. The lowest BCUT2D eigenvalue weighted by molar-refractivity contribution is 0.265. The van der Waals surface area contributed by atoms with Crippen LogP contribution in [-0.4, -0.2) is 6.61 Å². The summed E-state index contributed by atoms with van der Waals surface area (Å²) < 4.78 is 5.31. The van der Waals surface area contributed by atoms with Gasteiger partial charge in [-0.05, 0) is 24.6 Å². The number of nitrogens with two attached hydrogens (primary N) is 1. The molecule has 1 aliphatic heterocycles. The molecule has 2 heteroatoms. The largest absolute Gasteiger partial charge is 0.493 e. The van der Waals surface area contributed by atoms with E-state index >= 15 is 0 Å². The normalized spacial score (nSPS) is 24.1. The number of ether oxygens (including phenoxy) is 1. The molecule has 0 aromatic heterocycles. The number of rotatable bonds is 1. The van der Waals surface area contributed by atoms with Crippen molar-refractivity contribution < 1.29 is 4.74 Å². The van der Waals surface area contributed by atoms with E-state index in [1.165, 1.54) is 0 Å². The van der Waals surface area contributed by atoms with Gasteiger partial charge in [0.15, 0.2) is 0 Å². The Morgan fingerprint density at radius 2 is 2.45 bits per heavy atom. The maximum Gasteiger partial charge on any atom is 0.118 e. The Morgan fingerprint density at radius 1 is 1.73 bits per heavy atom. The van der Waals surface area contributed by atoms with Crippen LogP contribution >= 0.6 is 0 Å². The molecule has 0 spiro atoms. The highest BCUT2D eigenvalue weighted by molar-refractivity contribution is 5.33. The van der Waals surface area contributed by atoms with E-state index in [0.717, 1.165) is 24.4 Å². The minimum Gasteiger partial charge on any atom is -0.493 e. The average molecular weight is 151 g/mol. The number of allylic oxidation sites excluding steroid dienone is 3. The molecule has 0 radical (unpaired) electrons. The van der Waals surface area contributed by atoms with Gasteiger partial charge in [-0.2, -0.15) is 0 Å². The second-order valence-electron chi connectivity index (χ2n) is 2.50. The molecule has 1 rings (SSSR count). The first-order valence-electron chi connectivity index (χ1n) is 3.68. The minimum absolute atomic E-state index is 0.588. The first-order valence-corrected chi connectivity index (χ1v) is 3.68. The van der Waals surface area contributed by atoms with Crippen LogP contribution in [0.5, 0.6) is 0 Å². The Hall–Kier alpha value is -1.18. The SMILES string of the molecule is C=C(N)/C=C1/CCO/C1=C/C. The van der Waals surface area contributed by atoms with Gasteiger partial charge in [0, 0.05) is 12.1 Å². The summed E-state index contributed by atoms with van der Waals surface area (Å²) in [6.45, 7) is 6.32. The summed E-state index contributed by atoms with van der Waals surface area (Å²) >= 11 is 0. The standard InChI is InChI=1S/C9H13NO/c1-3-9-8(4-5-11-9)6-7(2)10/h3,6H,2,4-5,10H2,1H3/b8-6-,9-3+. The number of hydrogen-bond acceptors (Lipinski definition) is 2. The molecule has 1 saturated heterocycles. The molecule has 2 N–H and O–H groups in total. The van der Waals surface area contributed by atoms with E-state index < -0.39 is 0 Å². The lowest BCUT2D eigenvalue weighted by atomic mass is 10.1. The Bertz CT molecular complexity index is 226. The van der Waals surface area contributed by atoms with Crippen LogP contribution in [0.15, 0.2) is 35.8 Å². The summed E-state index contributed by atoms with van der Waals surface area (Å²) in [4.78, 5) is 0. The molecular weight excluding hydrogens is 138 g/mol. The monoisotopic (exact) mass is 151 g/mol. The molecule has 1 fully saturated rings. The van der Waals surface area contributed by atoms with Crippen molar-refractivity contribution in [2.75, 3.05) is 6.61 Å². The van der Waals surface area contributed by atoms with Crippen molar-refractivity contribution in [3.8, 4) is 0 Å². The summed E-state index contributed by atoms with van der Waals surface area (Å²) in [6, 6.07) is 0. The maximum absolute atomic E-state index is 5.44. The van der Waals surface area contributed by atoms with Crippen LogP contribution in [0.1, 0.15) is 13.3 Å². The molecule has 0 atom stereocenters. The fraction of sp³-hybridized carbons (Fsp3) is 0.333. The molecule has 1 heterocycles. The third-order valence-electron chi connectivity index (χ3n) is 1.57. The van der Waals surface area contributed by atoms with Gasteiger partial charge in [0.05, 0.1) is 6.61 Å². The molecule has 0 aromatic rings. The predicted octanol–water partition coefficient (Wildman–Crippen LogP) is 1.71. The average Bonchev–Trinajstić information content (AvgIpc) is 2.34. The summed E-state index contributed by atoms with van der Waals surface area (Å²) in [5, 5.41) is 0. The molecule has 11 heavy (non-hydrogen) atoms. The fourth-order valence-electron chi connectivity index (χ4n) is 1.12. The van der Waals surface area contributed by atoms with Crippen LogP contribution in [-0.2, 0) is 4.74 Å². The zero-order valence-corrected chi connectivity index (χ0v) is 6.76. The quantitative estimate of drug-likeness (QED) is 0.619. The first kappa shape index (κ1) is 7.92. The molecule has 0 aliphatic carbocycles. The predicted molar refractivity (Wildman–Crippen MR) is 45.7 cm³/mol. The fourth-order valence-corrected chi connectivity index (χ4v) is 1.12. The van der Waals surface area contributed by atoms with E-state index in [0.29, 0.717) is 5.70 Å². The lowest BCUT2D eigenvalue weighted by Gasteiger charge is -1.97. The van der Waals surface area contributed by atoms with Gasteiger partial charge in [0.25, 0.3) is 0 Å². The third kappa shape index (κ3) is 1.87. The van der Waals surface area contributed by atoms with Gasteiger partial charge in [-0.3, -0.25) is 0 Å². The Balaban J connectivity index is 2.79. The molecule has 0 aromatic carbocycles. The Morgan fingerprint density at radius 3 is 3.00 bits per heavy atom. The summed E-state index contributed by atoms with van der Waals surface area (Å²) in [7, 11) is 0. The van der Waals surface area contributed by atoms with Gasteiger partial charge in [0.1, 0.15) is 5.76 Å². The first-order chi connectivity index (χ1) is 5.24. The van der Waals surface area contributed by atoms with Crippen molar-refractivity contribution in [3.63, 3.8) is 0 Å². The van der Waals surface area contributed by atoms with Gasteiger partial charge in [-0.15, -0.1) is 0 Å². The van der Waals surface area contributed by atoms with E-state index in [4.69, 9.17) is 10.5 Å². The summed E-state index contributed by atoms with van der Waals surface area (Å²) in [5.74, 6) is 0.941. The number of hydrogen-bond donors (Lipinski definition) is 1. The smallest absolute Gasteiger partial charge is 0.118 e. The molecule has 2 nitrogen and oxygen atoms in total. The second-order valence-corrected chi connectivity index (χ2v) is 2.50. The highest BCUT2D eigenvalue weighted by atomic mass is 16.5. The highest BCUT2D eigenvalue weighted by Gasteiger charge is 2.12. The van der Waals surface area contributed by atoms with Gasteiger partial charge < -0.3 is 10.5 Å². The topological polar surface area (TPSA) is 35.2 Å². The van der Waals surface area contributed by atoms with E-state index in [1.54, 1.807) is 0 Å². The summed E-state index contributed by atoms with van der Waals surface area (Å²) in [6.07, 6.45) is 4.75. The second kappa shape index (κ2) is 3.28. The maximum atomic E-state index is 5.44. The van der Waals surface area contributed by atoms with E-state index in [2.05, 4.69) is 6.58 Å². The van der Waals surface area contributed by atoms with E-state index in [1.807, 2.05) is 19.1 Å². The van der Waals surface area contributed by atoms with Crippen LogP contribution in [0, 0.1) is 0 Å². The van der Waals surface area contributed by atoms with Crippen molar-refractivity contribution in [3.05, 3.63) is 35.8 Å². The van der Waals surface area contributed by atoms with Crippen LogP contribution in [0.3, 0.4) is 0 Å². The van der Waals surface area contributed by atoms with Gasteiger partial charge in [-0.25, -0.2) is 0 Å². The highest BCUT2D eigenvalue weighted by Crippen LogP contribution is 2.23. The molecule has 0 unspecified atom stereocenters. The van der Waals surface area contributed by atoms with E-state index in [-0.39, 0.29) is 0 Å². The van der Waals surface area contributed by atoms with Crippen LogP contribution in [0.4, 0.5) is 0 Å². The molecule has 1 aliphatic rings. The van der Waals surface area contributed by atoms with Crippen molar-refractivity contribution in [2.45, 2.75) is 13.3 Å². The molecule has 0 amide bonds. The van der Waals surface area contributed by atoms with Crippen molar-refractivity contribution in [1.29, 1.82) is 0 Å². The Kier molecular flexibility index (Phi) is 2.36. The zero-order chi connectivity index (χ0) is 8.27. The molecule has 60 valence electrons. The summed E-state index contributed by atoms with van der Waals surface area (Å²) in [5.41, 5.74) is 7.18. The van der Waals surface area contributed by atoms with E-state index in [9.17, 15) is 0 Å². The third-order valence-corrected chi connectivity index (χ3v) is 1.57. The van der Waals surface area contributed by atoms with Gasteiger partial charge >= 0.3 is 0 Å². The van der Waals surface area contributed by atoms with Gasteiger partial charge in [0.2, 0.25) is 0 Å². The lowest BCUT2D eigenvalue weighted by Crippen LogP contribution is -1.91. The Labute approximate surface area is 67.0 Å². The van der Waals surface area contributed by atoms with Crippen molar-refractivity contribution in [2.24, 2.45) is 5.73 Å². The van der Waals surface area contributed by atoms with Crippen molar-refractivity contribution >= 4 is 0 Å². The molecule has 0 saturated carbocycles. The van der Waals surface area contributed by atoms with Gasteiger partial charge in [-0.1, -0.05) is 6.58 Å². The minimum atomic E-state index is 0.588. The van der Waals surface area contributed by atoms with Crippen molar-refractivity contribution in [1.82, 2.24) is 0 Å². The van der Waals surface area contributed by atoms with Crippen LogP contribution < -0.4 is 5.73 Å².